The summed E-state index contributed by atoms with van der Waals surface area (Å²) in [6, 6.07) is 11.9. The molecule has 2 aromatic rings. The van der Waals surface area contributed by atoms with Crippen LogP contribution in [0, 0.1) is 3.57 Å². The number of anilines is 1. The van der Waals surface area contributed by atoms with E-state index in [1.165, 1.54) is 0 Å². The lowest BCUT2D eigenvalue weighted by atomic mass is 10.2. The van der Waals surface area contributed by atoms with Crippen molar-refractivity contribution in [2.75, 3.05) is 18.5 Å². The van der Waals surface area contributed by atoms with Crippen LogP contribution in [0.15, 0.2) is 36.4 Å². The number of hydrogen-bond acceptors (Lipinski definition) is 3. The zero-order chi connectivity index (χ0) is 16.7. The maximum absolute atomic E-state index is 6.01. The first-order valence-corrected chi connectivity index (χ1v) is 9.17. The van der Waals surface area contributed by atoms with Crippen molar-refractivity contribution in [3.8, 4) is 11.5 Å². The molecule has 0 aliphatic heterocycles. The van der Waals surface area contributed by atoms with Gasteiger partial charge < -0.3 is 14.8 Å². The van der Waals surface area contributed by atoms with Crippen LogP contribution in [0.3, 0.4) is 0 Å². The monoisotopic (exact) mass is 445 g/mol. The second kappa shape index (κ2) is 9.23. The first-order chi connectivity index (χ1) is 11.1. The van der Waals surface area contributed by atoms with Crippen molar-refractivity contribution in [2.24, 2.45) is 0 Å². The summed E-state index contributed by atoms with van der Waals surface area (Å²) >= 11 is 8.31. The number of benzene rings is 2. The first-order valence-electron chi connectivity index (χ1n) is 7.71. The molecule has 0 atom stereocenters. The van der Waals surface area contributed by atoms with Gasteiger partial charge >= 0.3 is 0 Å². The van der Waals surface area contributed by atoms with Gasteiger partial charge in [0, 0.05) is 17.3 Å². The molecule has 0 fully saturated rings. The zero-order valence-electron chi connectivity index (χ0n) is 13.4. The van der Waals surface area contributed by atoms with Gasteiger partial charge in [0.2, 0.25) is 0 Å². The second-order valence-electron chi connectivity index (χ2n) is 5.05. The van der Waals surface area contributed by atoms with Gasteiger partial charge in [-0.2, -0.15) is 0 Å². The van der Waals surface area contributed by atoms with Crippen LogP contribution >= 0.6 is 34.2 Å². The van der Waals surface area contributed by atoms with Crippen molar-refractivity contribution in [2.45, 2.75) is 26.8 Å². The zero-order valence-corrected chi connectivity index (χ0v) is 16.3. The lowest BCUT2D eigenvalue weighted by molar-refractivity contribution is 0.275. The summed E-state index contributed by atoms with van der Waals surface area (Å²) in [7, 11) is 0. The van der Waals surface area contributed by atoms with E-state index in [9.17, 15) is 0 Å². The minimum atomic E-state index is 0.615. The Morgan fingerprint density at radius 3 is 2.65 bits per heavy atom. The Morgan fingerprint density at radius 2 is 1.96 bits per heavy atom. The number of halogens is 2. The van der Waals surface area contributed by atoms with Crippen molar-refractivity contribution in [1.29, 1.82) is 0 Å². The molecule has 124 valence electrons. The van der Waals surface area contributed by atoms with Gasteiger partial charge in [0.05, 0.1) is 16.8 Å². The average Bonchev–Trinajstić information content (AvgIpc) is 2.52. The molecule has 0 saturated carbocycles. The van der Waals surface area contributed by atoms with Crippen molar-refractivity contribution in [1.82, 2.24) is 0 Å². The topological polar surface area (TPSA) is 30.5 Å². The third-order valence-electron chi connectivity index (χ3n) is 3.14. The van der Waals surface area contributed by atoms with Crippen molar-refractivity contribution < 1.29 is 9.47 Å². The van der Waals surface area contributed by atoms with E-state index >= 15 is 0 Å². The van der Waals surface area contributed by atoms with Gasteiger partial charge in [-0.1, -0.05) is 24.6 Å². The van der Waals surface area contributed by atoms with Gasteiger partial charge in [-0.25, -0.2) is 0 Å². The molecule has 23 heavy (non-hydrogen) atoms. The summed E-state index contributed by atoms with van der Waals surface area (Å²) in [6.45, 7) is 6.08. The molecule has 0 saturated heterocycles. The molecule has 3 nitrogen and oxygen atoms in total. The van der Waals surface area contributed by atoms with Crippen LogP contribution in [0.25, 0.3) is 0 Å². The van der Waals surface area contributed by atoms with E-state index < -0.39 is 0 Å². The molecule has 0 spiro atoms. The highest BCUT2D eigenvalue weighted by Gasteiger charge is 2.12. The van der Waals surface area contributed by atoms with E-state index in [2.05, 4.69) is 40.9 Å². The molecule has 2 aromatic carbocycles. The third-order valence-corrected chi connectivity index (χ3v) is 4.18. The minimum Gasteiger partial charge on any atom is -0.490 e. The molecule has 0 aliphatic carbocycles. The summed E-state index contributed by atoms with van der Waals surface area (Å²) in [5, 5.41) is 4.10. The summed E-state index contributed by atoms with van der Waals surface area (Å²) in [6.07, 6.45) is 0.972. The van der Waals surface area contributed by atoms with Crippen LogP contribution in [0.2, 0.25) is 5.02 Å². The minimum absolute atomic E-state index is 0.615. The average molecular weight is 446 g/mol. The highest BCUT2D eigenvalue weighted by atomic mass is 127. The summed E-state index contributed by atoms with van der Waals surface area (Å²) in [5.41, 5.74) is 2.14. The first kappa shape index (κ1) is 18.2. The van der Waals surface area contributed by atoms with Crippen LogP contribution in [-0.4, -0.2) is 13.2 Å². The molecular weight excluding hydrogens is 425 g/mol. The predicted octanol–water partition coefficient (Wildman–Crippen LogP) is 5.74. The summed E-state index contributed by atoms with van der Waals surface area (Å²) < 4.78 is 12.6. The Bertz CT molecular complexity index is 649. The van der Waals surface area contributed by atoms with E-state index in [4.69, 9.17) is 21.1 Å². The Balaban J connectivity index is 2.15. The van der Waals surface area contributed by atoms with E-state index in [1.54, 1.807) is 0 Å². The lowest BCUT2D eigenvalue weighted by Crippen LogP contribution is -2.05. The third kappa shape index (κ3) is 5.46. The largest absolute Gasteiger partial charge is 0.490 e. The molecule has 2 rings (SSSR count). The van der Waals surface area contributed by atoms with Crippen LogP contribution in [0.5, 0.6) is 11.5 Å². The van der Waals surface area contributed by atoms with Crippen molar-refractivity contribution in [3.05, 3.63) is 50.6 Å². The van der Waals surface area contributed by atoms with Gasteiger partial charge in [0.1, 0.15) is 0 Å². The van der Waals surface area contributed by atoms with E-state index in [0.29, 0.717) is 19.8 Å². The normalized spacial score (nSPS) is 10.4. The molecule has 0 radical (unpaired) electrons. The maximum Gasteiger partial charge on any atom is 0.174 e. The van der Waals surface area contributed by atoms with Crippen molar-refractivity contribution in [3.63, 3.8) is 0 Å². The Hall–Kier alpha value is -1.14. The van der Waals surface area contributed by atoms with Crippen LogP contribution in [0.1, 0.15) is 25.8 Å². The summed E-state index contributed by atoms with van der Waals surface area (Å²) in [4.78, 5) is 0. The Kier molecular flexibility index (Phi) is 7.30. The molecule has 1 N–H and O–H groups in total. The van der Waals surface area contributed by atoms with Crippen LogP contribution in [-0.2, 0) is 6.54 Å². The molecule has 0 amide bonds. The summed E-state index contributed by atoms with van der Waals surface area (Å²) in [5.74, 6) is 1.64. The second-order valence-corrected chi connectivity index (χ2v) is 6.65. The van der Waals surface area contributed by atoms with Crippen LogP contribution < -0.4 is 14.8 Å². The standard InChI is InChI=1S/C18H21ClINO2/c1-3-8-23-18-16(20)9-13(10-17(18)22-4-2)12-21-15-7-5-6-14(19)11-15/h5-7,9-11,21H,3-4,8,12H2,1-2H3. The maximum atomic E-state index is 6.01. The van der Waals surface area contributed by atoms with Gasteiger partial charge in [0.15, 0.2) is 11.5 Å². The number of rotatable bonds is 8. The molecule has 0 unspecified atom stereocenters. The number of nitrogens with one attached hydrogen (secondary N) is 1. The van der Waals surface area contributed by atoms with E-state index in [0.717, 1.165) is 37.8 Å². The lowest BCUT2D eigenvalue weighted by Gasteiger charge is -2.16. The van der Waals surface area contributed by atoms with Gasteiger partial charge in [0.25, 0.3) is 0 Å². The van der Waals surface area contributed by atoms with Crippen molar-refractivity contribution >= 4 is 39.9 Å². The molecular formula is C18H21ClINO2. The Labute approximate surface area is 156 Å². The van der Waals surface area contributed by atoms with Gasteiger partial charge in [-0.15, -0.1) is 0 Å². The smallest absolute Gasteiger partial charge is 0.174 e. The van der Waals surface area contributed by atoms with Gasteiger partial charge in [-0.05, 0) is 71.8 Å². The quantitative estimate of drug-likeness (QED) is 0.525. The van der Waals surface area contributed by atoms with Gasteiger partial charge in [-0.3, -0.25) is 0 Å². The molecule has 0 bridgehead atoms. The Morgan fingerprint density at radius 1 is 1.13 bits per heavy atom. The SMILES string of the molecule is CCCOc1c(I)cc(CNc2cccc(Cl)c2)cc1OCC. The fourth-order valence-corrected chi connectivity index (χ4v) is 3.14. The number of hydrogen-bond donors (Lipinski definition) is 1. The van der Waals surface area contributed by atoms with E-state index in [-0.39, 0.29) is 0 Å². The molecule has 5 heteroatoms. The predicted molar refractivity (Wildman–Crippen MR) is 105 cm³/mol. The highest BCUT2D eigenvalue weighted by molar-refractivity contribution is 14.1. The molecule has 0 heterocycles. The van der Waals surface area contributed by atoms with Crippen LogP contribution in [0.4, 0.5) is 5.69 Å². The van der Waals surface area contributed by atoms with E-state index in [1.807, 2.05) is 37.3 Å². The molecule has 0 aliphatic rings. The highest BCUT2D eigenvalue weighted by Crippen LogP contribution is 2.34. The fraction of sp³-hybridized carbons (Fsp3) is 0.333. The fourth-order valence-electron chi connectivity index (χ4n) is 2.13. The molecule has 0 aromatic heterocycles. The number of ether oxygens (including phenoxy) is 2.